The van der Waals surface area contributed by atoms with Crippen LogP contribution in [0.1, 0.15) is 130 Å². The molecule has 0 atom stereocenters. The van der Waals surface area contributed by atoms with E-state index in [1.165, 1.54) is 117 Å². The van der Waals surface area contributed by atoms with Crippen LogP contribution < -0.4 is 3.58 Å². The van der Waals surface area contributed by atoms with Gasteiger partial charge in [0.1, 0.15) is 0 Å². The first kappa shape index (κ1) is 36.7. The molecule has 0 bridgehead atoms. The zero-order chi connectivity index (χ0) is 28.4. The summed E-state index contributed by atoms with van der Waals surface area (Å²) in [5, 5.41) is 0. The monoisotopic (exact) mass is 747 g/mol. The van der Waals surface area contributed by atoms with Crippen LogP contribution >= 0.6 is 0 Å². The van der Waals surface area contributed by atoms with Gasteiger partial charge in [-0.2, -0.15) is 0 Å². The van der Waals surface area contributed by atoms with Gasteiger partial charge in [-0.05, 0) is 0 Å². The second-order valence-corrected chi connectivity index (χ2v) is 39.7. The first-order valence-corrected chi connectivity index (χ1v) is 32.3. The van der Waals surface area contributed by atoms with E-state index in [4.69, 9.17) is 0 Å². The van der Waals surface area contributed by atoms with Crippen LogP contribution in [0.2, 0.25) is 26.6 Å². The van der Waals surface area contributed by atoms with Gasteiger partial charge in [0.15, 0.2) is 0 Å². The molecule has 1 aromatic rings. The number of rotatable bonds is 23. The molecular formula is C34H66FNSn2. The molecule has 0 saturated heterocycles. The summed E-state index contributed by atoms with van der Waals surface area (Å²) in [5.41, 5.74) is 3.08. The third kappa shape index (κ3) is 11.9. The molecule has 0 aromatic heterocycles. The molecular weight excluding hydrogens is 679 g/mol. The van der Waals surface area contributed by atoms with Gasteiger partial charge in [-0.3, -0.25) is 0 Å². The Morgan fingerprint density at radius 3 is 1.37 bits per heavy atom. The van der Waals surface area contributed by atoms with Gasteiger partial charge in [-0.15, -0.1) is 0 Å². The minimum atomic E-state index is -2.94. The summed E-state index contributed by atoms with van der Waals surface area (Å²) < 4.78 is 27.7. The summed E-state index contributed by atoms with van der Waals surface area (Å²) in [5.74, 6) is 0.182. The molecule has 0 aliphatic carbocycles. The summed E-state index contributed by atoms with van der Waals surface area (Å²) in [7, 11) is 4.42. The average molecular weight is 745 g/mol. The van der Waals surface area contributed by atoms with Crippen molar-refractivity contribution in [3.63, 3.8) is 0 Å². The summed E-state index contributed by atoms with van der Waals surface area (Å²) in [4.78, 5) is 2.35. The Labute approximate surface area is 247 Å². The van der Waals surface area contributed by atoms with E-state index in [9.17, 15) is 0 Å². The van der Waals surface area contributed by atoms with Crippen LogP contribution in [0.15, 0.2) is 12.1 Å². The van der Waals surface area contributed by atoms with Crippen LogP contribution in [-0.2, 0) is 11.0 Å². The molecule has 222 valence electrons. The van der Waals surface area contributed by atoms with E-state index in [2.05, 4.69) is 66.6 Å². The fraction of sp³-hybridized carbons (Fsp3) is 0.824. The predicted octanol–water partition coefficient (Wildman–Crippen LogP) is 10.9. The quantitative estimate of drug-likeness (QED) is 0.101. The third-order valence-electron chi connectivity index (χ3n) is 9.14. The molecule has 0 saturated carbocycles. The normalized spacial score (nSPS) is 12.6. The molecule has 0 fully saturated rings. The van der Waals surface area contributed by atoms with Crippen LogP contribution in [0.25, 0.3) is 0 Å². The Morgan fingerprint density at radius 1 is 0.605 bits per heavy atom. The van der Waals surface area contributed by atoms with Gasteiger partial charge < -0.3 is 0 Å². The first-order valence-electron chi connectivity index (χ1n) is 16.7. The summed E-state index contributed by atoms with van der Waals surface area (Å²) in [6, 6.07) is 4.23. The molecule has 38 heavy (non-hydrogen) atoms. The zero-order valence-corrected chi connectivity index (χ0v) is 32.8. The van der Waals surface area contributed by atoms with E-state index in [0.29, 0.717) is 0 Å². The molecule has 4 heteroatoms. The van der Waals surface area contributed by atoms with Gasteiger partial charge >= 0.3 is 249 Å². The van der Waals surface area contributed by atoms with Crippen molar-refractivity contribution in [2.75, 3.05) is 14.1 Å². The number of nitrogens with zero attached hydrogens (tertiary/aromatic N) is 1. The van der Waals surface area contributed by atoms with Gasteiger partial charge in [0.2, 0.25) is 0 Å². The number of hydrogen-bond donors (Lipinski definition) is 0. The number of halogens is 1. The van der Waals surface area contributed by atoms with Crippen LogP contribution in [0.3, 0.4) is 0 Å². The summed E-state index contributed by atoms with van der Waals surface area (Å²) in [6.07, 6.45) is 15.8. The van der Waals surface area contributed by atoms with Gasteiger partial charge in [0.25, 0.3) is 0 Å². The van der Waals surface area contributed by atoms with E-state index in [1.54, 1.807) is 5.56 Å². The van der Waals surface area contributed by atoms with E-state index < -0.39 is 36.8 Å². The molecule has 0 aliphatic rings. The third-order valence-corrected chi connectivity index (χ3v) is 40.3. The standard InChI is InChI=1S/C10H12FN.6C4H9.2Sn/c1-8-4-5-10(11)6-9(8)7-12(2)3;6*1-3-4-2;;/h4-5H,1,7H2,2-3H3;6*1,3-4H2,2H3;;. The van der Waals surface area contributed by atoms with Crippen molar-refractivity contribution >= 4 is 40.3 Å². The molecule has 0 spiro atoms. The molecule has 0 unspecified atom stereocenters. The maximum atomic E-state index is 16.3. The van der Waals surface area contributed by atoms with Crippen molar-refractivity contribution in [1.29, 1.82) is 0 Å². The van der Waals surface area contributed by atoms with E-state index in [0.717, 1.165) is 6.54 Å². The van der Waals surface area contributed by atoms with Gasteiger partial charge in [0.05, 0.1) is 0 Å². The van der Waals surface area contributed by atoms with Gasteiger partial charge in [0, 0.05) is 0 Å². The number of unbranched alkanes of at least 4 members (excludes halogenated alkanes) is 6. The fourth-order valence-corrected chi connectivity index (χ4v) is 40.5. The van der Waals surface area contributed by atoms with Crippen LogP contribution in [-0.4, -0.2) is 55.7 Å². The van der Waals surface area contributed by atoms with Crippen molar-refractivity contribution in [1.82, 2.24) is 4.90 Å². The summed E-state index contributed by atoms with van der Waals surface area (Å²) >= 11 is -5.36. The number of benzene rings is 1. The van der Waals surface area contributed by atoms with Crippen LogP contribution in [0, 0.1) is 5.82 Å². The zero-order valence-electron chi connectivity index (χ0n) is 27.1. The van der Waals surface area contributed by atoms with Crippen molar-refractivity contribution in [3.05, 3.63) is 29.1 Å². The molecule has 1 rings (SSSR count). The average Bonchev–Trinajstić information content (AvgIpc) is 2.91. The Kier molecular flexibility index (Phi) is 19.9. The molecule has 1 nitrogen and oxygen atoms in total. The minimum absolute atomic E-state index is 0.182. The first-order chi connectivity index (χ1) is 18.3. The second-order valence-electron chi connectivity index (χ2n) is 12.9. The number of hydrogen-bond acceptors (Lipinski definition) is 1. The molecule has 0 amide bonds. The molecule has 1 aromatic carbocycles. The Morgan fingerprint density at radius 2 is 1.00 bits per heavy atom. The van der Waals surface area contributed by atoms with Gasteiger partial charge in [-0.1, -0.05) is 0 Å². The Balaban J connectivity index is 3.84. The van der Waals surface area contributed by atoms with Crippen molar-refractivity contribution in [3.8, 4) is 0 Å². The molecule has 0 heterocycles. The predicted molar refractivity (Wildman–Crippen MR) is 177 cm³/mol. The van der Waals surface area contributed by atoms with Gasteiger partial charge in [-0.25, -0.2) is 0 Å². The Hall–Kier alpha value is 0.707. The molecule has 0 radical (unpaired) electrons. The van der Waals surface area contributed by atoms with Crippen molar-refractivity contribution in [2.45, 2.75) is 156 Å². The van der Waals surface area contributed by atoms with Crippen LogP contribution in [0.4, 0.5) is 4.39 Å². The van der Waals surface area contributed by atoms with E-state index >= 15 is 4.39 Å². The molecule has 0 N–H and O–H groups in total. The maximum absolute atomic E-state index is 16.3. The van der Waals surface area contributed by atoms with Crippen molar-refractivity contribution in [2.24, 2.45) is 0 Å². The molecule has 0 aliphatic heterocycles. The van der Waals surface area contributed by atoms with E-state index in [-0.39, 0.29) is 5.82 Å². The topological polar surface area (TPSA) is 3.24 Å². The fourth-order valence-electron chi connectivity index (χ4n) is 6.89. The Bertz CT molecular complexity index is 705. The van der Waals surface area contributed by atoms with E-state index in [1.807, 2.05) is 6.07 Å². The SMILES string of the molecule is CCC[CH2][Sn]([CH2]CCC)([CH2]CCC)[CH2]c1ccc(F)[c]([Sn]([CH2]CCC)([CH2]CCC)[CH2]CCC)c1CN(C)C. The summed E-state index contributed by atoms with van der Waals surface area (Å²) in [6.45, 7) is 15.1. The van der Waals surface area contributed by atoms with Crippen LogP contribution in [0.5, 0.6) is 0 Å². The second kappa shape index (κ2) is 20.6. The van der Waals surface area contributed by atoms with Crippen molar-refractivity contribution < 1.29 is 4.39 Å².